The van der Waals surface area contributed by atoms with Crippen molar-refractivity contribution < 1.29 is 23.1 Å². The summed E-state index contributed by atoms with van der Waals surface area (Å²) in [6.07, 6.45) is 2.75. The SMILES string of the molecule is O=C(O)CC(c1ccccc1)S(=O)(=O)c1ccc(NC(=O)c2ccc(Nc3ncc[nH]3)cc2)cc1. The summed E-state index contributed by atoms with van der Waals surface area (Å²) in [5.41, 5.74) is 1.97. The quantitative estimate of drug-likeness (QED) is 0.272. The van der Waals surface area contributed by atoms with Crippen LogP contribution in [0.2, 0.25) is 0 Å². The summed E-state index contributed by atoms with van der Waals surface area (Å²) < 4.78 is 26.4. The number of sulfone groups is 1. The van der Waals surface area contributed by atoms with Crippen LogP contribution in [0.3, 0.4) is 0 Å². The van der Waals surface area contributed by atoms with Gasteiger partial charge in [0.1, 0.15) is 5.25 Å². The molecule has 4 rings (SSSR count). The lowest BCUT2D eigenvalue weighted by atomic mass is 10.1. The minimum Gasteiger partial charge on any atom is -0.481 e. The molecular weight excluding hydrogens is 468 g/mol. The van der Waals surface area contributed by atoms with Crippen molar-refractivity contribution in [2.24, 2.45) is 0 Å². The fourth-order valence-electron chi connectivity index (χ4n) is 3.50. The molecule has 0 bridgehead atoms. The second kappa shape index (κ2) is 10.2. The number of carbonyl (C=O) groups excluding carboxylic acids is 1. The Bertz CT molecular complexity index is 1400. The first-order valence-electron chi connectivity index (χ1n) is 10.6. The van der Waals surface area contributed by atoms with Crippen molar-refractivity contribution in [2.45, 2.75) is 16.6 Å². The minimum absolute atomic E-state index is 0.0287. The maximum Gasteiger partial charge on any atom is 0.305 e. The van der Waals surface area contributed by atoms with Crippen molar-refractivity contribution in [3.05, 3.63) is 102 Å². The van der Waals surface area contributed by atoms with Crippen molar-refractivity contribution in [3.8, 4) is 0 Å². The average molecular weight is 491 g/mol. The third-order valence-corrected chi connectivity index (χ3v) is 7.37. The summed E-state index contributed by atoms with van der Waals surface area (Å²) in [4.78, 5) is 30.9. The number of hydrogen-bond acceptors (Lipinski definition) is 6. The van der Waals surface area contributed by atoms with Crippen LogP contribution in [0, 0.1) is 0 Å². The highest BCUT2D eigenvalue weighted by Crippen LogP contribution is 2.32. The second-order valence-electron chi connectivity index (χ2n) is 7.66. The molecule has 1 unspecified atom stereocenters. The second-order valence-corrected chi connectivity index (χ2v) is 9.79. The van der Waals surface area contributed by atoms with E-state index in [0.717, 1.165) is 5.69 Å². The maximum absolute atomic E-state index is 13.2. The number of imidazole rings is 1. The number of rotatable bonds is 9. The number of hydrogen-bond donors (Lipinski definition) is 4. The number of carboxylic acid groups (broad SMARTS) is 1. The molecule has 4 aromatic rings. The molecule has 0 aliphatic carbocycles. The van der Waals surface area contributed by atoms with E-state index in [9.17, 15) is 23.1 Å². The Labute approximate surface area is 201 Å². The molecule has 3 aromatic carbocycles. The van der Waals surface area contributed by atoms with Gasteiger partial charge in [-0.2, -0.15) is 0 Å². The predicted octanol–water partition coefficient (Wildman–Crippen LogP) is 4.40. The Morgan fingerprint density at radius 2 is 1.57 bits per heavy atom. The predicted molar refractivity (Wildman–Crippen MR) is 131 cm³/mol. The monoisotopic (exact) mass is 490 g/mol. The van der Waals surface area contributed by atoms with Gasteiger partial charge in [-0.15, -0.1) is 0 Å². The topological polar surface area (TPSA) is 141 Å². The number of nitrogens with one attached hydrogen (secondary N) is 3. The summed E-state index contributed by atoms with van der Waals surface area (Å²) in [5, 5.41) is 13.8. The smallest absolute Gasteiger partial charge is 0.305 e. The molecule has 1 atom stereocenters. The van der Waals surface area contributed by atoms with Crippen LogP contribution in [0.5, 0.6) is 0 Å². The molecule has 4 N–H and O–H groups in total. The number of aliphatic carboxylic acids is 1. The Hall–Kier alpha value is -4.44. The van der Waals surface area contributed by atoms with E-state index in [2.05, 4.69) is 20.6 Å². The lowest BCUT2D eigenvalue weighted by Crippen LogP contribution is -2.18. The lowest BCUT2D eigenvalue weighted by Gasteiger charge is -2.17. The molecule has 178 valence electrons. The van der Waals surface area contributed by atoms with Crippen molar-refractivity contribution in [1.29, 1.82) is 0 Å². The number of anilines is 3. The van der Waals surface area contributed by atoms with Crippen molar-refractivity contribution in [3.63, 3.8) is 0 Å². The molecule has 0 fully saturated rings. The van der Waals surface area contributed by atoms with E-state index in [0.29, 0.717) is 22.8 Å². The summed E-state index contributed by atoms with van der Waals surface area (Å²) in [7, 11) is -3.98. The van der Waals surface area contributed by atoms with Crippen LogP contribution in [0.1, 0.15) is 27.6 Å². The molecule has 10 heteroatoms. The van der Waals surface area contributed by atoms with E-state index in [-0.39, 0.29) is 10.8 Å². The number of amides is 1. The van der Waals surface area contributed by atoms with Crippen LogP contribution in [0.25, 0.3) is 0 Å². The molecule has 0 spiro atoms. The number of aromatic amines is 1. The van der Waals surface area contributed by atoms with Gasteiger partial charge >= 0.3 is 5.97 Å². The molecular formula is C25H22N4O5S. The molecule has 0 aliphatic heterocycles. The fraction of sp³-hybridized carbons (Fsp3) is 0.0800. The van der Waals surface area contributed by atoms with Crippen LogP contribution in [0.4, 0.5) is 17.3 Å². The Morgan fingerprint density at radius 1 is 0.914 bits per heavy atom. The largest absolute Gasteiger partial charge is 0.481 e. The zero-order valence-corrected chi connectivity index (χ0v) is 19.2. The Kier molecular flexibility index (Phi) is 6.93. The first kappa shape index (κ1) is 23.7. The number of carboxylic acids is 1. The summed E-state index contributed by atoms with van der Waals surface area (Å²) in [6.45, 7) is 0. The van der Waals surface area contributed by atoms with Crippen LogP contribution < -0.4 is 10.6 Å². The number of aromatic nitrogens is 2. The molecule has 35 heavy (non-hydrogen) atoms. The summed E-state index contributed by atoms with van der Waals surface area (Å²) >= 11 is 0. The molecule has 1 amide bonds. The molecule has 0 saturated heterocycles. The van der Waals surface area contributed by atoms with Gasteiger partial charge in [0.2, 0.25) is 5.95 Å². The molecule has 1 heterocycles. The van der Waals surface area contributed by atoms with Gasteiger partial charge in [0.15, 0.2) is 9.84 Å². The standard InChI is InChI=1S/C25H22N4O5S/c30-23(31)16-22(17-4-2-1-3-5-17)35(33,34)21-12-10-19(11-13-21)28-24(32)18-6-8-20(9-7-18)29-25-26-14-15-27-25/h1-15,22H,16H2,(H,28,32)(H,30,31)(H2,26,27,29). The van der Waals surface area contributed by atoms with Crippen molar-refractivity contribution in [2.75, 3.05) is 10.6 Å². The fourth-order valence-corrected chi connectivity index (χ4v) is 5.23. The van der Waals surface area contributed by atoms with E-state index in [1.807, 2.05) is 0 Å². The zero-order chi connectivity index (χ0) is 24.8. The van der Waals surface area contributed by atoms with E-state index in [1.165, 1.54) is 24.3 Å². The lowest BCUT2D eigenvalue weighted by molar-refractivity contribution is -0.137. The van der Waals surface area contributed by atoms with Gasteiger partial charge in [0.05, 0.1) is 11.3 Å². The van der Waals surface area contributed by atoms with Crippen LogP contribution >= 0.6 is 0 Å². The highest BCUT2D eigenvalue weighted by molar-refractivity contribution is 7.91. The first-order chi connectivity index (χ1) is 16.8. The van der Waals surface area contributed by atoms with Crippen molar-refractivity contribution in [1.82, 2.24) is 9.97 Å². The van der Waals surface area contributed by atoms with E-state index < -0.39 is 27.5 Å². The molecule has 0 radical (unpaired) electrons. The maximum atomic E-state index is 13.2. The van der Waals surface area contributed by atoms with Gasteiger partial charge in [-0.1, -0.05) is 30.3 Å². The summed E-state index contributed by atoms with van der Waals surface area (Å²) in [5.74, 6) is -0.995. The zero-order valence-electron chi connectivity index (χ0n) is 18.4. The average Bonchev–Trinajstić information content (AvgIpc) is 3.37. The van der Waals surface area contributed by atoms with Crippen molar-refractivity contribution >= 4 is 39.0 Å². The van der Waals surface area contributed by atoms with Gasteiger partial charge in [0, 0.05) is 29.3 Å². The minimum atomic E-state index is -3.98. The van der Waals surface area contributed by atoms with Crippen LogP contribution in [-0.4, -0.2) is 35.4 Å². The van der Waals surface area contributed by atoms with E-state index >= 15 is 0 Å². The first-order valence-corrected chi connectivity index (χ1v) is 12.2. The summed E-state index contributed by atoms with van der Waals surface area (Å²) in [6, 6.07) is 20.7. The highest BCUT2D eigenvalue weighted by Gasteiger charge is 2.31. The van der Waals surface area contributed by atoms with Gasteiger partial charge < -0.3 is 20.7 Å². The number of benzene rings is 3. The Morgan fingerprint density at radius 3 is 2.17 bits per heavy atom. The van der Waals surface area contributed by atoms with Crippen LogP contribution in [0.15, 0.2) is 96.2 Å². The van der Waals surface area contributed by atoms with Gasteiger partial charge in [-0.3, -0.25) is 9.59 Å². The third kappa shape index (κ3) is 5.74. The van der Waals surface area contributed by atoms with Gasteiger partial charge in [-0.05, 0) is 54.1 Å². The van der Waals surface area contributed by atoms with Gasteiger partial charge in [0.25, 0.3) is 5.91 Å². The molecule has 0 aliphatic rings. The normalized spacial score (nSPS) is 12.0. The number of carbonyl (C=O) groups is 2. The third-order valence-electron chi connectivity index (χ3n) is 5.25. The number of H-pyrrole nitrogens is 1. The molecule has 1 aromatic heterocycles. The van der Waals surface area contributed by atoms with E-state index in [4.69, 9.17) is 0 Å². The Balaban J connectivity index is 1.47. The van der Waals surface area contributed by atoms with Gasteiger partial charge in [-0.25, -0.2) is 13.4 Å². The highest BCUT2D eigenvalue weighted by atomic mass is 32.2. The molecule has 9 nitrogen and oxygen atoms in total. The molecule has 0 saturated carbocycles. The van der Waals surface area contributed by atoms with E-state index in [1.54, 1.807) is 67.0 Å². The number of nitrogens with zero attached hydrogens (tertiary/aromatic N) is 1. The van der Waals surface area contributed by atoms with Crippen LogP contribution in [-0.2, 0) is 14.6 Å².